The number of aliphatic carboxylic acids is 1. The average molecular weight is 211 g/mol. The summed E-state index contributed by atoms with van der Waals surface area (Å²) in [6.45, 7) is 0. The summed E-state index contributed by atoms with van der Waals surface area (Å²) in [6, 6.07) is 0.221. The van der Waals surface area contributed by atoms with E-state index in [4.69, 9.17) is 5.11 Å². The summed E-state index contributed by atoms with van der Waals surface area (Å²) in [5.41, 5.74) is 0. The van der Waals surface area contributed by atoms with E-state index in [1.165, 1.54) is 12.8 Å². The monoisotopic (exact) mass is 211 g/mol. The fourth-order valence-corrected chi connectivity index (χ4v) is 1.82. The minimum atomic E-state index is -1.09. The summed E-state index contributed by atoms with van der Waals surface area (Å²) >= 11 is 0. The van der Waals surface area contributed by atoms with E-state index in [0.717, 1.165) is 37.8 Å². The Bertz CT molecular complexity index is 253. The van der Waals surface area contributed by atoms with Gasteiger partial charge in [0.2, 0.25) is 5.91 Å². The molecule has 1 rings (SSSR count). The highest BCUT2D eigenvalue weighted by atomic mass is 16.4. The molecule has 0 aromatic rings. The third kappa shape index (κ3) is 5.20. The molecule has 4 nitrogen and oxygen atoms in total. The quantitative estimate of drug-likeness (QED) is 0.548. The molecule has 0 saturated heterocycles. The van der Waals surface area contributed by atoms with Crippen molar-refractivity contribution in [1.82, 2.24) is 5.32 Å². The Balaban J connectivity index is 2.32. The van der Waals surface area contributed by atoms with Crippen LogP contribution in [0.1, 0.15) is 38.5 Å². The van der Waals surface area contributed by atoms with Crippen LogP contribution in [0.15, 0.2) is 12.2 Å². The number of rotatable bonds is 3. The van der Waals surface area contributed by atoms with E-state index in [0.29, 0.717) is 0 Å². The molecule has 1 saturated carbocycles. The van der Waals surface area contributed by atoms with Gasteiger partial charge in [0.25, 0.3) is 0 Å². The highest BCUT2D eigenvalue weighted by Crippen LogP contribution is 2.16. The third-order valence-electron chi connectivity index (χ3n) is 2.58. The van der Waals surface area contributed by atoms with Gasteiger partial charge in [-0.15, -0.1) is 0 Å². The molecule has 0 spiro atoms. The first-order valence-corrected chi connectivity index (χ1v) is 5.40. The van der Waals surface area contributed by atoms with Gasteiger partial charge in [0, 0.05) is 18.2 Å². The highest BCUT2D eigenvalue weighted by molar-refractivity contribution is 5.93. The summed E-state index contributed by atoms with van der Waals surface area (Å²) in [7, 11) is 0. The number of carbonyl (C=O) groups is 2. The first-order chi connectivity index (χ1) is 7.18. The minimum absolute atomic E-state index is 0.221. The molecule has 0 unspecified atom stereocenters. The van der Waals surface area contributed by atoms with Gasteiger partial charge in [-0.2, -0.15) is 0 Å². The molecule has 0 aromatic heterocycles. The molecule has 1 aliphatic carbocycles. The summed E-state index contributed by atoms with van der Waals surface area (Å²) in [5.74, 6) is -1.39. The van der Waals surface area contributed by atoms with Crippen LogP contribution in [0.3, 0.4) is 0 Å². The molecular formula is C11H17NO3. The van der Waals surface area contributed by atoms with Crippen molar-refractivity contribution in [2.75, 3.05) is 0 Å². The summed E-state index contributed by atoms with van der Waals surface area (Å²) in [6.07, 6.45) is 8.72. The van der Waals surface area contributed by atoms with Crippen molar-refractivity contribution in [2.45, 2.75) is 44.6 Å². The van der Waals surface area contributed by atoms with E-state index >= 15 is 0 Å². The molecule has 1 fully saturated rings. The zero-order valence-electron chi connectivity index (χ0n) is 8.74. The number of hydrogen-bond donors (Lipinski definition) is 2. The number of amides is 1. The molecule has 0 aliphatic heterocycles. The Hall–Kier alpha value is -1.32. The molecule has 0 radical (unpaired) electrons. The van der Waals surface area contributed by atoms with Crippen molar-refractivity contribution >= 4 is 11.9 Å². The van der Waals surface area contributed by atoms with Crippen LogP contribution in [0.25, 0.3) is 0 Å². The van der Waals surface area contributed by atoms with Gasteiger partial charge in [-0.05, 0) is 12.8 Å². The van der Waals surface area contributed by atoms with E-state index in [-0.39, 0.29) is 11.9 Å². The Morgan fingerprint density at radius 3 is 2.20 bits per heavy atom. The van der Waals surface area contributed by atoms with E-state index in [1.54, 1.807) is 0 Å². The molecule has 15 heavy (non-hydrogen) atoms. The maximum absolute atomic E-state index is 11.3. The molecule has 2 N–H and O–H groups in total. The fourth-order valence-electron chi connectivity index (χ4n) is 1.82. The smallest absolute Gasteiger partial charge is 0.328 e. The largest absolute Gasteiger partial charge is 0.478 e. The van der Waals surface area contributed by atoms with Crippen LogP contribution in [0.2, 0.25) is 0 Å². The molecular weight excluding hydrogens is 194 g/mol. The van der Waals surface area contributed by atoms with E-state index in [2.05, 4.69) is 5.32 Å². The Labute approximate surface area is 89.4 Å². The third-order valence-corrected chi connectivity index (χ3v) is 2.58. The molecule has 0 bridgehead atoms. The van der Waals surface area contributed by atoms with Gasteiger partial charge in [0.15, 0.2) is 0 Å². The van der Waals surface area contributed by atoms with Crippen molar-refractivity contribution in [3.8, 4) is 0 Å². The molecule has 0 heterocycles. The summed E-state index contributed by atoms with van der Waals surface area (Å²) in [4.78, 5) is 21.5. The van der Waals surface area contributed by atoms with E-state index in [9.17, 15) is 9.59 Å². The molecule has 4 heteroatoms. The van der Waals surface area contributed by atoms with Crippen LogP contribution >= 0.6 is 0 Å². The topological polar surface area (TPSA) is 66.4 Å². The summed E-state index contributed by atoms with van der Waals surface area (Å²) < 4.78 is 0. The Morgan fingerprint density at radius 2 is 1.67 bits per heavy atom. The molecule has 0 atom stereocenters. The van der Waals surface area contributed by atoms with Crippen LogP contribution < -0.4 is 5.32 Å². The molecule has 1 amide bonds. The predicted octanol–water partition coefficient (Wildman–Crippen LogP) is 1.47. The van der Waals surface area contributed by atoms with Crippen LogP contribution in [0.4, 0.5) is 0 Å². The molecule has 84 valence electrons. The summed E-state index contributed by atoms with van der Waals surface area (Å²) in [5, 5.41) is 11.2. The predicted molar refractivity (Wildman–Crippen MR) is 56.4 cm³/mol. The lowest BCUT2D eigenvalue weighted by atomic mass is 10.1. The van der Waals surface area contributed by atoms with Gasteiger partial charge in [0.1, 0.15) is 0 Å². The SMILES string of the molecule is O=C(O)/C=C\C(=O)NC1CCCCCC1. The number of carbonyl (C=O) groups excluding carboxylic acids is 1. The lowest BCUT2D eigenvalue weighted by molar-refractivity contribution is -0.131. The van der Waals surface area contributed by atoms with Crippen molar-refractivity contribution in [1.29, 1.82) is 0 Å². The zero-order valence-corrected chi connectivity index (χ0v) is 8.74. The fraction of sp³-hybridized carbons (Fsp3) is 0.636. The second-order valence-electron chi connectivity index (χ2n) is 3.87. The van der Waals surface area contributed by atoms with Gasteiger partial charge >= 0.3 is 5.97 Å². The Morgan fingerprint density at radius 1 is 1.07 bits per heavy atom. The second-order valence-corrected chi connectivity index (χ2v) is 3.87. The van der Waals surface area contributed by atoms with Crippen LogP contribution in [0, 0.1) is 0 Å². The second kappa shape index (κ2) is 6.22. The zero-order chi connectivity index (χ0) is 11.1. The first kappa shape index (κ1) is 11.8. The maximum atomic E-state index is 11.3. The number of carboxylic acid groups (broad SMARTS) is 1. The van der Waals surface area contributed by atoms with E-state index in [1.807, 2.05) is 0 Å². The minimum Gasteiger partial charge on any atom is -0.478 e. The lowest BCUT2D eigenvalue weighted by Crippen LogP contribution is -2.33. The standard InChI is InChI=1S/C11H17NO3/c13-10(7-8-11(14)15)12-9-5-3-1-2-4-6-9/h7-9H,1-6H2,(H,12,13)(H,14,15)/b8-7-. The van der Waals surface area contributed by atoms with Crippen LogP contribution in [-0.4, -0.2) is 23.0 Å². The first-order valence-electron chi connectivity index (χ1n) is 5.40. The van der Waals surface area contributed by atoms with Crippen LogP contribution in [0.5, 0.6) is 0 Å². The number of hydrogen-bond acceptors (Lipinski definition) is 2. The van der Waals surface area contributed by atoms with Crippen LogP contribution in [-0.2, 0) is 9.59 Å². The van der Waals surface area contributed by atoms with Gasteiger partial charge in [-0.3, -0.25) is 4.79 Å². The van der Waals surface area contributed by atoms with Crippen molar-refractivity contribution < 1.29 is 14.7 Å². The van der Waals surface area contributed by atoms with Gasteiger partial charge in [-0.1, -0.05) is 25.7 Å². The average Bonchev–Trinajstić information content (AvgIpc) is 2.43. The lowest BCUT2D eigenvalue weighted by Gasteiger charge is -2.14. The van der Waals surface area contributed by atoms with Crippen molar-refractivity contribution in [3.05, 3.63) is 12.2 Å². The number of carboxylic acids is 1. The normalized spacial score (nSPS) is 18.7. The maximum Gasteiger partial charge on any atom is 0.328 e. The van der Waals surface area contributed by atoms with Crippen molar-refractivity contribution in [2.24, 2.45) is 0 Å². The van der Waals surface area contributed by atoms with E-state index < -0.39 is 5.97 Å². The van der Waals surface area contributed by atoms with Crippen molar-refractivity contribution in [3.63, 3.8) is 0 Å². The highest BCUT2D eigenvalue weighted by Gasteiger charge is 2.13. The van der Waals surface area contributed by atoms with Gasteiger partial charge in [-0.25, -0.2) is 4.79 Å². The van der Waals surface area contributed by atoms with Gasteiger partial charge < -0.3 is 10.4 Å². The molecule has 0 aromatic carbocycles. The Kier molecular flexibility index (Phi) is 4.87. The molecule has 1 aliphatic rings. The number of nitrogens with one attached hydrogen (secondary N) is 1. The van der Waals surface area contributed by atoms with Gasteiger partial charge in [0.05, 0.1) is 0 Å².